The molecule has 0 aliphatic heterocycles. The monoisotopic (exact) mass is 564 g/mol. The summed E-state index contributed by atoms with van der Waals surface area (Å²) in [7, 11) is 0. The fourth-order valence-electron chi connectivity index (χ4n) is 4.26. The minimum absolute atomic E-state index is 0.216. The van der Waals surface area contributed by atoms with E-state index in [1.54, 1.807) is 0 Å². The van der Waals surface area contributed by atoms with E-state index in [-0.39, 0.29) is 24.2 Å². The zero-order valence-corrected chi connectivity index (χ0v) is 20.5. The number of rotatable bonds is 8. The van der Waals surface area contributed by atoms with Crippen LogP contribution in [0.3, 0.4) is 0 Å². The molecule has 4 rings (SSSR count). The van der Waals surface area contributed by atoms with Crippen LogP contribution in [0.15, 0.2) is 84.9 Å². The van der Waals surface area contributed by atoms with E-state index in [1.807, 2.05) is 0 Å². The maximum absolute atomic E-state index is 14.1. The Morgan fingerprint density at radius 2 is 0.925 bits per heavy atom. The van der Waals surface area contributed by atoms with Gasteiger partial charge in [0.15, 0.2) is 5.78 Å². The molecule has 0 bridgehead atoms. The van der Waals surface area contributed by atoms with Crippen LogP contribution in [0.4, 0.5) is 35.1 Å². The SMILES string of the molecule is O=C(C(Cc1ccc(F)cc1)c1cccc(C(F)(F)F)n1)C(Cc1ccc(F)cc1)c1cccc(C(F)(F)F)n1. The van der Waals surface area contributed by atoms with E-state index in [1.165, 1.54) is 36.4 Å². The minimum atomic E-state index is -4.82. The van der Waals surface area contributed by atoms with Gasteiger partial charge in [0.05, 0.1) is 23.2 Å². The van der Waals surface area contributed by atoms with Gasteiger partial charge in [-0.3, -0.25) is 4.79 Å². The first-order chi connectivity index (χ1) is 18.8. The first-order valence-electron chi connectivity index (χ1n) is 11.9. The number of ketones is 1. The summed E-state index contributed by atoms with van der Waals surface area (Å²) in [6, 6.07) is 15.9. The largest absolute Gasteiger partial charge is 0.433 e. The molecular formula is C29H20F8N2O. The number of aromatic nitrogens is 2. The smallest absolute Gasteiger partial charge is 0.298 e. The summed E-state index contributed by atoms with van der Waals surface area (Å²) in [6.45, 7) is 0. The van der Waals surface area contributed by atoms with Crippen molar-refractivity contribution >= 4 is 5.78 Å². The molecule has 0 saturated heterocycles. The number of carbonyl (C=O) groups is 1. The topological polar surface area (TPSA) is 42.9 Å². The van der Waals surface area contributed by atoms with Gasteiger partial charge in [-0.2, -0.15) is 26.3 Å². The summed E-state index contributed by atoms with van der Waals surface area (Å²) in [5, 5.41) is 0. The summed E-state index contributed by atoms with van der Waals surface area (Å²) in [5.74, 6) is -4.64. The Morgan fingerprint density at radius 3 is 1.25 bits per heavy atom. The highest BCUT2D eigenvalue weighted by Gasteiger charge is 2.37. The van der Waals surface area contributed by atoms with E-state index >= 15 is 0 Å². The Balaban J connectivity index is 1.83. The van der Waals surface area contributed by atoms with Crippen molar-refractivity contribution in [2.75, 3.05) is 0 Å². The van der Waals surface area contributed by atoms with Crippen molar-refractivity contribution in [1.82, 2.24) is 9.97 Å². The molecule has 2 unspecified atom stereocenters. The molecular weight excluding hydrogens is 544 g/mol. The minimum Gasteiger partial charge on any atom is -0.298 e. The van der Waals surface area contributed by atoms with Crippen molar-refractivity contribution in [3.63, 3.8) is 0 Å². The molecule has 11 heteroatoms. The number of carbonyl (C=O) groups excluding carboxylic acids is 1. The molecule has 0 aliphatic rings. The predicted octanol–water partition coefficient (Wildman–Crippen LogP) is 7.71. The van der Waals surface area contributed by atoms with Crippen molar-refractivity contribution in [3.8, 4) is 0 Å². The lowest BCUT2D eigenvalue weighted by atomic mass is 9.81. The first-order valence-corrected chi connectivity index (χ1v) is 11.9. The Labute approximate surface area is 223 Å². The fraction of sp³-hybridized carbons (Fsp3) is 0.207. The van der Waals surface area contributed by atoms with E-state index in [0.29, 0.717) is 11.1 Å². The summed E-state index contributed by atoms with van der Waals surface area (Å²) >= 11 is 0. The zero-order valence-electron chi connectivity index (χ0n) is 20.5. The number of pyridine rings is 2. The second-order valence-electron chi connectivity index (χ2n) is 9.06. The summed E-state index contributed by atoms with van der Waals surface area (Å²) in [4.78, 5) is 21.4. The van der Waals surface area contributed by atoms with Crippen LogP contribution in [-0.2, 0) is 30.0 Å². The highest BCUT2D eigenvalue weighted by molar-refractivity contribution is 5.91. The molecule has 0 radical (unpaired) electrons. The second kappa shape index (κ2) is 11.5. The molecule has 0 N–H and O–H groups in total. The molecule has 2 aromatic carbocycles. The van der Waals surface area contributed by atoms with Crippen molar-refractivity contribution in [1.29, 1.82) is 0 Å². The van der Waals surface area contributed by atoms with Crippen molar-refractivity contribution in [3.05, 3.63) is 130 Å². The normalized spacial score (nSPS) is 13.6. The summed E-state index contributed by atoms with van der Waals surface area (Å²) < 4.78 is 108. The van der Waals surface area contributed by atoms with Gasteiger partial charge in [0.25, 0.3) is 0 Å². The molecule has 40 heavy (non-hydrogen) atoms. The molecule has 0 saturated carbocycles. The van der Waals surface area contributed by atoms with Gasteiger partial charge in [-0.1, -0.05) is 36.4 Å². The number of benzene rings is 2. The molecule has 2 aromatic heterocycles. The van der Waals surface area contributed by atoms with Gasteiger partial charge in [-0.05, 0) is 72.5 Å². The number of hydrogen-bond acceptors (Lipinski definition) is 3. The number of hydrogen-bond donors (Lipinski definition) is 0. The lowest BCUT2D eigenvalue weighted by Crippen LogP contribution is -2.27. The molecule has 2 heterocycles. The molecule has 208 valence electrons. The van der Waals surface area contributed by atoms with Crippen LogP contribution in [0, 0.1) is 11.6 Å². The van der Waals surface area contributed by atoms with Gasteiger partial charge in [0.2, 0.25) is 0 Å². The highest BCUT2D eigenvalue weighted by atomic mass is 19.4. The van der Waals surface area contributed by atoms with E-state index in [4.69, 9.17) is 0 Å². The van der Waals surface area contributed by atoms with E-state index < -0.39 is 53.0 Å². The molecule has 4 aromatic rings. The van der Waals surface area contributed by atoms with Gasteiger partial charge < -0.3 is 0 Å². The standard InChI is InChI=1S/C29H20F8N2O/c30-19-11-7-17(8-12-19)15-21(23-3-1-5-25(38-23)28(32,33)34)27(40)22(16-18-9-13-20(31)14-10-18)24-4-2-6-26(39-24)29(35,36)37/h1-14,21-22H,15-16H2. The molecule has 0 spiro atoms. The van der Waals surface area contributed by atoms with Crippen molar-refractivity contribution < 1.29 is 39.9 Å². The van der Waals surface area contributed by atoms with Crippen LogP contribution in [0.5, 0.6) is 0 Å². The maximum atomic E-state index is 14.1. The van der Waals surface area contributed by atoms with E-state index in [0.717, 1.165) is 48.5 Å². The van der Waals surface area contributed by atoms with Crippen LogP contribution in [0.2, 0.25) is 0 Å². The molecule has 2 atom stereocenters. The third-order valence-corrected chi connectivity index (χ3v) is 6.23. The Morgan fingerprint density at radius 1 is 0.575 bits per heavy atom. The van der Waals surface area contributed by atoms with Crippen molar-refractivity contribution in [2.24, 2.45) is 0 Å². The molecule has 0 amide bonds. The van der Waals surface area contributed by atoms with E-state index in [2.05, 4.69) is 9.97 Å². The molecule has 0 fully saturated rings. The first kappa shape index (κ1) is 28.8. The lowest BCUT2D eigenvalue weighted by Gasteiger charge is -2.24. The number of alkyl halides is 6. The zero-order chi connectivity index (χ0) is 29.1. The van der Waals surface area contributed by atoms with Gasteiger partial charge in [-0.25, -0.2) is 18.7 Å². The predicted molar refractivity (Wildman–Crippen MR) is 129 cm³/mol. The summed E-state index contributed by atoms with van der Waals surface area (Å²) in [5.41, 5.74) is -2.27. The van der Waals surface area contributed by atoms with Gasteiger partial charge >= 0.3 is 12.4 Å². The highest BCUT2D eigenvalue weighted by Crippen LogP contribution is 2.35. The number of Topliss-reactive ketones (excluding diaryl/α,β-unsaturated/α-hetero) is 1. The Hall–Kier alpha value is -4.15. The van der Waals surface area contributed by atoms with Crippen molar-refractivity contribution in [2.45, 2.75) is 37.0 Å². The lowest BCUT2D eigenvalue weighted by molar-refractivity contribution is -0.142. The second-order valence-corrected chi connectivity index (χ2v) is 9.06. The van der Waals surface area contributed by atoms with Crippen LogP contribution >= 0.6 is 0 Å². The molecule has 0 aliphatic carbocycles. The molecule has 3 nitrogen and oxygen atoms in total. The third kappa shape index (κ3) is 7.08. The van der Waals surface area contributed by atoms with Crippen LogP contribution in [-0.4, -0.2) is 15.8 Å². The Bertz CT molecular complexity index is 1350. The third-order valence-electron chi connectivity index (χ3n) is 6.23. The van der Waals surface area contributed by atoms with Gasteiger partial charge in [0, 0.05) is 0 Å². The average Bonchev–Trinajstić information content (AvgIpc) is 2.91. The van der Waals surface area contributed by atoms with Crippen LogP contribution in [0.25, 0.3) is 0 Å². The quantitative estimate of drug-likeness (QED) is 0.206. The number of halogens is 8. The maximum Gasteiger partial charge on any atom is 0.433 e. The van der Waals surface area contributed by atoms with Gasteiger partial charge in [0.1, 0.15) is 23.0 Å². The van der Waals surface area contributed by atoms with Gasteiger partial charge in [-0.15, -0.1) is 0 Å². The van der Waals surface area contributed by atoms with Crippen LogP contribution in [0.1, 0.15) is 45.7 Å². The van der Waals surface area contributed by atoms with E-state index in [9.17, 15) is 39.9 Å². The average molecular weight is 564 g/mol. The summed E-state index contributed by atoms with van der Waals surface area (Å²) in [6.07, 6.45) is -10.1. The Kier molecular flexibility index (Phi) is 8.32. The number of nitrogens with zero attached hydrogens (tertiary/aromatic N) is 2. The fourth-order valence-corrected chi connectivity index (χ4v) is 4.26. The van der Waals surface area contributed by atoms with Crippen LogP contribution < -0.4 is 0 Å².